The summed E-state index contributed by atoms with van der Waals surface area (Å²) in [6.07, 6.45) is 7.24. The van der Waals surface area contributed by atoms with E-state index in [-0.39, 0.29) is 17.4 Å². The van der Waals surface area contributed by atoms with E-state index < -0.39 is 0 Å². The minimum absolute atomic E-state index is 0.0217. The number of hydrogen-bond donors (Lipinski definition) is 2. The van der Waals surface area contributed by atoms with Crippen LogP contribution in [0.5, 0.6) is 0 Å². The number of nitrogens with one attached hydrogen (secondary N) is 2. The minimum atomic E-state index is 0.0217. The van der Waals surface area contributed by atoms with Crippen LogP contribution in [0.25, 0.3) is 0 Å². The summed E-state index contributed by atoms with van der Waals surface area (Å²) in [5, 5.41) is 6.51. The van der Waals surface area contributed by atoms with Crippen LogP contribution in [0.1, 0.15) is 33.6 Å². The molecule has 1 aromatic rings. The van der Waals surface area contributed by atoms with Gasteiger partial charge in [0, 0.05) is 25.4 Å². The van der Waals surface area contributed by atoms with Gasteiger partial charge in [0.15, 0.2) is 0 Å². The average molecular weight is 278 g/mol. The van der Waals surface area contributed by atoms with Crippen LogP contribution >= 0.6 is 0 Å². The Hall–Kier alpha value is -1.36. The summed E-state index contributed by atoms with van der Waals surface area (Å²) in [4.78, 5) is 16.3. The summed E-state index contributed by atoms with van der Waals surface area (Å²) in [7, 11) is 0. The van der Waals surface area contributed by atoms with Crippen LogP contribution in [0.2, 0.25) is 0 Å². The first-order valence-corrected chi connectivity index (χ1v) is 7.41. The predicted molar refractivity (Wildman–Crippen MR) is 79.2 cm³/mol. The zero-order valence-electron chi connectivity index (χ0n) is 12.7. The Kier molecular flexibility index (Phi) is 4.81. The van der Waals surface area contributed by atoms with Crippen molar-refractivity contribution in [2.24, 2.45) is 11.3 Å². The van der Waals surface area contributed by atoms with Crippen molar-refractivity contribution in [2.45, 2.75) is 46.2 Å². The lowest BCUT2D eigenvalue weighted by Crippen LogP contribution is -2.46. The summed E-state index contributed by atoms with van der Waals surface area (Å²) < 4.78 is 2.02. The predicted octanol–water partition coefficient (Wildman–Crippen LogP) is 1.41. The fourth-order valence-electron chi connectivity index (χ4n) is 2.55. The van der Waals surface area contributed by atoms with E-state index in [2.05, 4.69) is 36.4 Å². The van der Waals surface area contributed by atoms with Crippen molar-refractivity contribution >= 4 is 5.91 Å². The molecule has 0 aliphatic carbocycles. The molecular formula is C15H26N4O. The lowest BCUT2D eigenvalue weighted by atomic mass is 9.86. The van der Waals surface area contributed by atoms with E-state index >= 15 is 0 Å². The van der Waals surface area contributed by atoms with Gasteiger partial charge in [-0.1, -0.05) is 20.8 Å². The Labute approximate surface area is 121 Å². The van der Waals surface area contributed by atoms with Gasteiger partial charge in [0.1, 0.15) is 0 Å². The maximum absolute atomic E-state index is 12.2. The first-order chi connectivity index (χ1) is 9.45. The fourth-order valence-corrected chi connectivity index (χ4v) is 2.55. The van der Waals surface area contributed by atoms with E-state index in [0.717, 1.165) is 26.1 Å². The van der Waals surface area contributed by atoms with Crippen molar-refractivity contribution < 1.29 is 4.79 Å². The third-order valence-corrected chi connectivity index (χ3v) is 3.97. The van der Waals surface area contributed by atoms with Gasteiger partial charge >= 0.3 is 0 Å². The van der Waals surface area contributed by atoms with Gasteiger partial charge in [-0.15, -0.1) is 0 Å². The Morgan fingerprint density at radius 1 is 1.55 bits per heavy atom. The van der Waals surface area contributed by atoms with Crippen LogP contribution < -0.4 is 10.6 Å². The number of hydrogen-bond acceptors (Lipinski definition) is 3. The molecule has 20 heavy (non-hydrogen) atoms. The first kappa shape index (κ1) is 15.0. The monoisotopic (exact) mass is 278 g/mol. The zero-order chi connectivity index (χ0) is 14.6. The number of carbonyl (C=O) groups is 1. The molecule has 2 rings (SSSR count). The van der Waals surface area contributed by atoms with Crippen molar-refractivity contribution in [2.75, 3.05) is 13.1 Å². The number of nitrogens with zero attached hydrogens (tertiary/aromatic N) is 2. The molecule has 1 saturated heterocycles. The summed E-state index contributed by atoms with van der Waals surface area (Å²) in [5.41, 5.74) is 0.0217. The van der Waals surface area contributed by atoms with Crippen molar-refractivity contribution in [1.82, 2.24) is 20.2 Å². The highest BCUT2D eigenvalue weighted by Gasteiger charge is 2.27. The van der Waals surface area contributed by atoms with Gasteiger partial charge in [-0.05, 0) is 30.8 Å². The molecule has 2 atom stereocenters. The number of amides is 1. The molecule has 1 aromatic heterocycles. The average Bonchev–Trinajstić information content (AvgIpc) is 2.99. The van der Waals surface area contributed by atoms with E-state index in [1.165, 1.54) is 0 Å². The number of rotatable bonds is 5. The molecule has 2 N–H and O–H groups in total. The molecule has 0 aromatic carbocycles. The van der Waals surface area contributed by atoms with Gasteiger partial charge in [0.05, 0.1) is 12.4 Å². The van der Waals surface area contributed by atoms with E-state index in [4.69, 9.17) is 0 Å². The van der Waals surface area contributed by atoms with E-state index in [0.29, 0.717) is 12.3 Å². The summed E-state index contributed by atoms with van der Waals surface area (Å²) >= 11 is 0. The Balaban J connectivity index is 1.91. The molecule has 2 heterocycles. The smallest absolute Gasteiger partial charge is 0.220 e. The van der Waals surface area contributed by atoms with Crippen LogP contribution in [0.15, 0.2) is 18.7 Å². The SMILES string of the molecule is CC(C)(C)C(Cn1ccnc1)NC(=O)CC1CCNC1. The van der Waals surface area contributed by atoms with Crippen molar-refractivity contribution in [1.29, 1.82) is 0 Å². The third kappa shape index (κ3) is 4.34. The summed E-state index contributed by atoms with van der Waals surface area (Å²) in [6.45, 7) is 9.24. The molecule has 1 amide bonds. The molecule has 112 valence electrons. The third-order valence-electron chi connectivity index (χ3n) is 3.97. The van der Waals surface area contributed by atoms with Crippen LogP contribution in [0.4, 0.5) is 0 Å². The first-order valence-electron chi connectivity index (χ1n) is 7.41. The van der Waals surface area contributed by atoms with Gasteiger partial charge < -0.3 is 15.2 Å². The van der Waals surface area contributed by atoms with Gasteiger partial charge in [0.2, 0.25) is 5.91 Å². The van der Waals surface area contributed by atoms with E-state index in [1.807, 2.05) is 10.8 Å². The van der Waals surface area contributed by atoms with Crippen LogP contribution in [-0.2, 0) is 11.3 Å². The van der Waals surface area contributed by atoms with Gasteiger partial charge in [-0.25, -0.2) is 4.98 Å². The van der Waals surface area contributed by atoms with Crippen molar-refractivity contribution in [3.05, 3.63) is 18.7 Å². The number of aromatic nitrogens is 2. The van der Waals surface area contributed by atoms with Gasteiger partial charge in [-0.2, -0.15) is 0 Å². The second-order valence-electron chi connectivity index (χ2n) is 6.81. The van der Waals surface area contributed by atoms with Gasteiger partial charge in [0.25, 0.3) is 0 Å². The molecule has 1 fully saturated rings. The van der Waals surface area contributed by atoms with Crippen molar-refractivity contribution in [3.63, 3.8) is 0 Å². The van der Waals surface area contributed by atoms with E-state index in [9.17, 15) is 4.79 Å². The molecule has 0 bridgehead atoms. The highest BCUT2D eigenvalue weighted by Crippen LogP contribution is 2.21. The maximum atomic E-state index is 12.2. The Bertz CT molecular complexity index is 416. The topological polar surface area (TPSA) is 59.0 Å². The molecule has 0 radical (unpaired) electrons. The number of imidazole rings is 1. The molecular weight excluding hydrogens is 252 g/mol. The lowest BCUT2D eigenvalue weighted by molar-refractivity contribution is -0.123. The van der Waals surface area contributed by atoms with Crippen LogP contribution in [0, 0.1) is 11.3 Å². The maximum Gasteiger partial charge on any atom is 0.220 e. The second-order valence-corrected chi connectivity index (χ2v) is 6.81. The Morgan fingerprint density at radius 3 is 2.90 bits per heavy atom. The molecule has 0 saturated carbocycles. The molecule has 5 nitrogen and oxygen atoms in total. The van der Waals surface area contributed by atoms with Crippen LogP contribution in [-0.4, -0.2) is 34.6 Å². The zero-order valence-corrected chi connectivity index (χ0v) is 12.7. The molecule has 2 unspecified atom stereocenters. The lowest BCUT2D eigenvalue weighted by Gasteiger charge is -2.32. The van der Waals surface area contributed by atoms with E-state index in [1.54, 1.807) is 12.5 Å². The fraction of sp³-hybridized carbons (Fsp3) is 0.733. The summed E-state index contributed by atoms with van der Waals surface area (Å²) in [6, 6.07) is 0.110. The molecule has 1 aliphatic heterocycles. The highest BCUT2D eigenvalue weighted by atomic mass is 16.1. The second kappa shape index (κ2) is 6.39. The normalized spacial score (nSPS) is 20.9. The molecule has 1 aliphatic rings. The van der Waals surface area contributed by atoms with Crippen LogP contribution in [0.3, 0.4) is 0 Å². The minimum Gasteiger partial charge on any atom is -0.351 e. The molecule has 0 spiro atoms. The highest BCUT2D eigenvalue weighted by molar-refractivity contribution is 5.76. The van der Waals surface area contributed by atoms with Crippen molar-refractivity contribution in [3.8, 4) is 0 Å². The van der Waals surface area contributed by atoms with Gasteiger partial charge in [-0.3, -0.25) is 4.79 Å². The quantitative estimate of drug-likeness (QED) is 0.856. The largest absolute Gasteiger partial charge is 0.351 e. The standard InChI is InChI=1S/C15H26N4O/c1-15(2,3)13(10-19-7-6-17-11-19)18-14(20)8-12-4-5-16-9-12/h6-7,11-13,16H,4-5,8-10H2,1-3H3,(H,18,20). The molecule has 5 heteroatoms. The number of carbonyl (C=O) groups excluding carboxylic acids is 1. The Morgan fingerprint density at radius 2 is 2.35 bits per heavy atom. The summed E-state index contributed by atoms with van der Waals surface area (Å²) in [5.74, 6) is 0.655.